The summed E-state index contributed by atoms with van der Waals surface area (Å²) < 4.78 is 22.4. The summed E-state index contributed by atoms with van der Waals surface area (Å²) in [5, 5.41) is 11.2. The second kappa shape index (κ2) is 9.52. The molecule has 1 N–H and O–H groups in total. The van der Waals surface area contributed by atoms with Crippen LogP contribution in [0.5, 0.6) is 11.5 Å². The molecule has 180 valence electrons. The molecular formula is C25H28N2O7. The molecule has 2 saturated heterocycles. The number of morpholine rings is 1. The molecule has 0 bridgehead atoms. The number of furan rings is 1. The van der Waals surface area contributed by atoms with E-state index in [0.717, 1.165) is 19.6 Å². The predicted octanol–water partition coefficient (Wildman–Crippen LogP) is 2.50. The van der Waals surface area contributed by atoms with E-state index in [9.17, 15) is 14.7 Å². The number of likely N-dealkylation sites (tertiary alicyclic amines) is 1. The van der Waals surface area contributed by atoms with Crippen LogP contribution in [0.3, 0.4) is 0 Å². The molecule has 3 aliphatic heterocycles. The Labute approximate surface area is 197 Å². The minimum Gasteiger partial charge on any atom is -0.507 e. The summed E-state index contributed by atoms with van der Waals surface area (Å²) in [7, 11) is 0. The highest BCUT2D eigenvalue weighted by Gasteiger charge is 2.47. The van der Waals surface area contributed by atoms with Crippen molar-refractivity contribution >= 4 is 17.4 Å². The predicted molar refractivity (Wildman–Crippen MR) is 122 cm³/mol. The first-order valence-corrected chi connectivity index (χ1v) is 11.6. The number of hydrogen-bond acceptors (Lipinski definition) is 8. The van der Waals surface area contributed by atoms with Crippen molar-refractivity contribution in [2.24, 2.45) is 0 Å². The Balaban J connectivity index is 1.46. The highest BCUT2D eigenvalue weighted by molar-refractivity contribution is 6.46. The van der Waals surface area contributed by atoms with E-state index in [1.165, 1.54) is 4.90 Å². The fourth-order valence-electron chi connectivity index (χ4n) is 4.64. The Morgan fingerprint density at radius 2 is 1.76 bits per heavy atom. The van der Waals surface area contributed by atoms with E-state index < -0.39 is 17.7 Å². The first kappa shape index (κ1) is 22.5. The number of carbonyl (C=O) groups excluding carboxylic acids is 2. The van der Waals surface area contributed by atoms with E-state index in [1.807, 2.05) is 0 Å². The first-order chi connectivity index (χ1) is 16.5. The van der Waals surface area contributed by atoms with E-state index in [0.29, 0.717) is 68.0 Å². The van der Waals surface area contributed by atoms with Crippen LogP contribution in [0.4, 0.5) is 0 Å². The van der Waals surface area contributed by atoms with Gasteiger partial charge in [0, 0.05) is 31.7 Å². The van der Waals surface area contributed by atoms with Gasteiger partial charge in [0.1, 0.15) is 36.5 Å². The first-order valence-electron chi connectivity index (χ1n) is 11.6. The minimum atomic E-state index is -0.799. The number of amides is 1. The van der Waals surface area contributed by atoms with Crippen LogP contribution in [-0.4, -0.2) is 79.2 Å². The molecule has 34 heavy (non-hydrogen) atoms. The maximum Gasteiger partial charge on any atom is 0.295 e. The zero-order chi connectivity index (χ0) is 23.7. The van der Waals surface area contributed by atoms with Gasteiger partial charge in [-0.3, -0.25) is 14.5 Å². The van der Waals surface area contributed by atoms with E-state index in [4.69, 9.17) is 18.6 Å². The Kier molecular flexibility index (Phi) is 6.30. The van der Waals surface area contributed by atoms with Crippen molar-refractivity contribution in [2.75, 3.05) is 52.6 Å². The SMILES string of the molecule is Cc1ccc([C@H]2C(=C(O)c3ccc4c(c3)OCCO4)C(=O)C(=O)N2CCCN2CCOCC2)o1. The molecule has 0 spiro atoms. The lowest BCUT2D eigenvalue weighted by Gasteiger charge is -2.28. The Bertz CT molecular complexity index is 1120. The Morgan fingerprint density at radius 3 is 2.50 bits per heavy atom. The number of ether oxygens (including phenoxy) is 3. The van der Waals surface area contributed by atoms with Crippen LogP contribution in [0.1, 0.15) is 29.5 Å². The van der Waals surface area contributed by atoms with E-state index in [1.54, 1.807) is 37.3 Å². The van der Waals surface area contributed by atoms with Crippen LogP contribution in [-0.2, 0) is 14.3 Å². The van der Waals surface area contributed by atoms with Gasteiger partial charge >= 0.3 is 0 Å². The summed E-state index contributed by atoms with van der Waals surface area (Å²) in [6, 6.07) is 7.70. The molecule has 0 unspecified atom stereocenters. The van der Waals surface area contributed by atoms with Gasteiger partial charge in [-0.05, 0) is 43.7 Å². The lowest BCUT2D eigenvalue weighted by molar-refractivity contribution is -0.140. The summed E-state index contributed by atoms with van der Waals surface area (Å²) in [4.78, 5) is 30.0. The van der Waals surface area contributed by atoms with Crippen LogP contribution < -0.4 is 9.47 Å². The fraction of sp³-hybridized carbons (Fsp3) is 0.440. The molecule has 1 aromatic heterocycles. The van der Waals surface area contributed by atoms with E-state index >= 15 is 0 Å². The van der Waals surface area contributed by atoms with Crippen LogP contribution in [0.2, 0.25) is 0 Å². The highest BCUT2D eigenvalue weighted by Crippen LogP contribution is 2.41. The van der Waals surface area contributed by atoms with Crippen molar-refractivity contribution in [3.63, 3.8) is 0 Å². The lowest BCUT2D eigenvalue weighted by Crippen LogP contribution is -2.38. The van der Waals surface area contributed by atoms with Gasteiger partial charge in [-0.15, -0.1) is 0 Å². The molecule has 1 aromatic carbocycles. The number of nitrogens with zero attached hydrogens (tertiary/aromatic N) is 2. The monoisotopic (exact) mass is 468 g/mol. The maximum absolute atomic E-state index is 13.1. The quantitative estimate of drug-likeness (QED) is 0.392. The van der Waals surface area contributed by atoms with Gasteiger partial charge in [0.2, 0.25) is 0 Å². The van der Waals surface area contributed by atoms with E-state index in [2.05, 4.69) is 4.90 Å². The zero-order valence-electron chi connectivity index (χ0n) is 19.1. The summed E-state index contributed by atoms with van der Waals surface area (Å²) in [5.74, 6) is 0.545. The van der Waals surface area contributed by atoms with Crippen molar-refractivity contribution in [1.29, 1.82) is 0 Å². The summed E-state index contributed by atoms with van der Waals surface area (Å²) in [6.45, 7) is 6.91. The highest BCUT2D eigenvalue weighted by atomic mass is 16.6. The van der Waals surface area contributed by atoms with Crippen LogP contribution in [0, 0.1) is 6.92 Å². The molecule has 9 nitrogen and oxygen atoms in total. The molecule has 9 heteroatoms. The summed E-state index contributed by atoms with van der Waals surface area (Å²) in [6.07, 6.45) is 0.688. The van der Waals surface area contributed by atoms with Crippen LogP contribution in [0.15, 0.2) is 40.3 Å². The van der Waals surface area contributed by atoms with E-state index in [-0.39, 0.29) is 11.3 Å². The number of Topliss-reactive ketones (excluding diaryl/α,β-unsaturated/α-hetero) is 1. The van der Waals surface area contributed by atoms with Gasteiger partial charge in [-0.25, -0.2) is 0 Å². The average molecular weight is 469 g/mol. The number of hydrogen-bond donors (Lipinski definition) is 1. The zero-order valence-corrected chi connectivity index (χ0v) is 19.1. The summed E-state index contributed by atoms with van der Waals surface area (Å²) in [5.41, 5.74) is 0.395. The number of carbonyl (C=O) groups is 2. The van der Waals surface area contributed by atoms with Crippen molar-refractivity contribution in [3.8, 4) is 11.5 Å². The number of rotatable bonds is 6. The summed E-state index contributed by atoms with van der Waals surface area (Å²) >= 11 is 0. The van der Waals surface area contributed by atoms with Crippen molar-refractivity contribution in [3.05, 3.63) is 53.0 Å². The standard InChI is InChI=1S/C25H28N2O7/c1-16-3-5-19(34-16)22-21(23(28)17-4-6-18-20(15-17)33-14-13-32-18)24(29)25(30)27(22)8-2-7-26-9-11-31-12-10-26/h3-6,15,22,28H,2,7-14H2,1H3/t22-/m0/s1. The maximum atomic E-state index is 13.1. The number of aliphatic hydroxyl groups is 1. The van der Waals surface area contributed by atoms with Gasteiger partial charge in [0.25, 0.3) is 11.7 Å². The number of aliphatic hydroxyl groups excluding tert-OH is 1. The number of benzene rings is 1. The van der Waals surface area contributed by atoms with Crippen molar-refractivity contribution < 1.29 is 33.3 Å². The molecule has 0 aliphatic carbocycles. The number of aryl methyl sites for hydroxylation is 1. The fourth-order valence-corrected chi connectivity index (χ4v) is 4.64. The van der Waals surface area contributed by atoms with Gasteiger partial charge in [0.05, 0.1) is 18.8 Å². The molecule has 3 aliphatic rings. The normalized spacial score (nSPS) is 22.4. The average Bonchev–Trinajstić information content (AvgIpc) is 3.40. The third-order valence-corrected chi connectivity index (χ3v) is 6.36. The van der Waals surface area contributed by atoms with Crippen molar-refractivity contribution in [2.45, 2.75) is 19.4 Å². The molecule has 2 aromatic rings. The van der Waals surface area contributed by atoms with Crippen molar-refractivity contribution in [1.82, 2.24) is 9.80 Å². The molecule has 2 fully saturated rings. The molecular weight excluding hydrogens is 440 g/mol. The molecule has 0 saturated carbocycles. The van der Waals surface area contributed by atoms with Gasteiger partial charge in [-0.2, -0.15) is 0 Å². The molecule has 0 radical (unpaired) electrons. The lowest BCUT2D eigenvalue weighted by atomic mass is 9.99. The second-order valence-electron chi connectivity index (χ2n) is 8.61. The van der Waals surface area contributed by atoms with Gasteiger partial charge < -0.3 is 28.6 Å². The molecule has 1 amide bonds. The van der Waals surface area contributed by atoms with Gasteiger partial charge in [-0.1, -0.05) is 0 Å². The van der Waals surface area contributed by atoms with Crippen LogP contribution >= 0.6 is 0 Å². The Hall–Kier alpha value is -3.30. The van der Waals surface area contributed by atoms with Gasteiger partial charge in [0.15, 0.2) is 11.5 Å². The third kappa shape index (κ3) is 4.28. The topological polar surface area (TPSA) is 102 Å². The smallest absolute Gasteiger partial charge is 0.295 e. The minimum absolute atomic E-state index is 0.0161. The molecule has 4 heterocycles. The largest absolute Gasteiger partial charge is 0.507 e. The number of ketones is 1. The molecule has 5 rings (SSSR count). The Morgan fingerprint density at radius 1 is 1.00 bits per heavy atom. The molecule has 1 atom stereocenters. The number of fused-ring (bicyclic) bond motifs is 1. The third-order valence-electron chi connectivity index (χ3n) is 6.36. The second-order valence-corrected chi connectivity index (χ2v) is 8.61. The van der Waals surface area contributed by atoms with Crippen LogP contribution in [0.25, 0.3) is 5.76 Å².